The van der Waals surface area contributed by atoms with Crippen LogP contribution in [-0.4, -0.2) is 29.1 Å². The predicted octanol–water partition coefficient (Wildman–Crippen LogP) is 1.70. The SMILES string of the molecule is Cc1cc2n(CCNS(=O)(=O)Cc3ccccc3F)ccn2n1. The molecule has 1 N–H and O–H groups in total. The van der Waals surface area contributed by atoms with E-state index in [0.29, 0.717) is 6.54 Å². The van der Waals surface area contributed by atoms with Gasteiger partial charge in [0, 0.05) is 37.1 Å². The van der Waals surface area contributed by atoms with E-state index in [1.807, 2.05) is 30.0 Å². The van der Waals surface area contributed by atoms with Gasteiger partial charge in [0.2, 0.25) is 10.0 Å². The van der Waals surface area contributed by atoms with Crippen molar-refractivity contribution >= 4 is 15.7 Å². The van der Waals surface area contributed by atoms with Crippen molar-refractivity contribution in [2.24, 2.45) is 0 Å². The molecule has 23 heavy (non-hydrogen) atoms. The van der Waals surface area contributed by atoms with Gasteiger partial charge in [0.1, 0.15) is 11.5 Å². The molecule has 0 unspecified atom stereocenters. The van der Waals surface area contributed by atoms with Crippen molar-refractivity contribution in [1.82, 2.24) is 18.9 Å². The second kappa shape index (κ2) is 6.13. The first-order valence-electron chi connectivity index (χ1n) is 7.16. The maximum atomic E-state index is 13.5. The maximum absolute atomic E-state index is 13.5. The molecule has 1 aromatic carbocycles. The average molecular weight is 336 g/mol. The molecule has 0 radical (unpaired) electrons. The van der Waals surface area contributed by atoms with Crippen LogP contribution in [0.3, 0.4) is 0 Å². The summed E-state index contributed by atoms with van der Waals surface area (Å²) in [7, 11) is -3.58. The Morgan fingerprint density at radius 3 is 2.83 bits per heavy atom. The number of hydrogen-bond acceptors (Lipinski definition) is 3. The van der Waals surface area contributed by atoms with E-state index in [0.717, 1.165) is 11.3 Å². The Labute approximate surface area is 133 Å². The van der Waals surface area contributed by atoms with E-state index in [2.05, 4.69) is 9.82 Å². The summed E-state index contributed by atoms with van der Waals surface area (Å²) in [5.74, 6) is -0.883. The van der Waals surface area contributed by atoms with Crippen LogP contribution in [0.2, 0.25) is 0 Å². The predicted molar refractivity (Wildman–Crippen MR) is 84.9 cm³/mol. The Hall–Kier alpha value is -2.19. The zero-order valence-electron chi connectivity index (χ0n) is 12.6. The van der Waals surface area contributed by atoms with Crippen LogP contribution in [0.5, 0.6) is 0 Å². The number of halogens is 1. The lowest BCUT2D eigenvalue weighted by molar-refractivity contribution is 0.568. The van der Waals surface area contributed by atoms with Gasteiger partial charge < -0.3 is 4.57 Å². The number of aryl methyl sites for hydroxylation is 1. The Balaban J connectivity index is 1.62. The summed E-state index contributed by atoms with van der Waals surface area (Å²) in [6.07, 6.45) is 3.66. The van der Waals surface area contributed by atoms with Gasteiger partial charge in [0.15, 0.2) is 0 Å². The van der Waals surface area contributed by atoms with Crippen molar-refractivity contribution in [3.63, 3.8) is 0 Å². The van der Waals surface area contributed by atoms with Crippen molar-refractivity contribution in [2.45, 2.75) is 19.2 Å². The molecule has 0 atom stereocenters. The van der Waals surface area contributed by atoms with E-state index in [1.165, 1.54) is 18.2 Å². The molecule has 0 spiro atoms. The Bertz CT molecular complexity index is 930. The molecule has 0 aliphatic heterocycles. The molecule has 0 amide bonds. The molecule has 0 aliphatic carbocycles. The summed E-state index contributed by atoms with van der Waals surface area (Å²) in [5, 5.41) is 4.27. The van der Waals surface area contributed by atoms with Crippen LogP contribution in [0.25, 0.3) is 5.65 Å². The molecule has 6 nitrogen and oxygen atoms in total. The van der Waals surface area contributed by atoms with Gasteiger partial charge in [0.25, 0.3) is 0 Å². The van der Waals surface area contributed by atoms with Gasteiger partial charge in [-0.1, -0.05) is 18.2 Å². The molecule has 2 aromatic heterocycles. The molecule has 0 saturated carbocycles. The zero-order chi connectivity index (χ0) is 16.4. The highest BCUT2D eigenvalue weighted by molar-refractivity contribution is 7.88. The summed E-state index contributed by atoms with van der Waals surface area (Å²) < 4.78 is 43.8. The van der Waals surface area contributed by atoms with E-state index in [4.69, 9.17) is 0 Å². The van der Waals surface area contributed by atoms with Crippen LogP contribution in [0, 0.1) is 12.7 Å². The third kappa shape index (κ3) is 3.59. The molecular weight excluding hydrogens is 319 g/mol. The number of fused-ring (bicyclic) bond motifs is 1. The minimum absolute atomic E-state index is 0.162. The Morgan fingerprint density at radius 1 is 1.26 bits per heavy atom. The fourth-order valence-electron chi connectivity index (χ4n) is 2.43. The standard InChI is InChI=1S/C15H17FN4O2S/c1-12-10-15-19(8-9-20(15)18-12)7-6-17-23(21,22)11-13-4-2-3-5-14(13)16/h2-5,8-10,17H,6-7,11H2,1H3. The molecule has 3 aromatic rings. The fourth-order valence-corrected chi connectivity index (χ4v) is 3.58. The van der Waals surface area contributed by atoms with Crippen LogP contribution in [0.15, 0.2) is 42.7 Å². The van der Waals surface area contributed by atoms with E-state index < -0.39 is 15.8 Å². The highest BCUT2D eigenvalue weighted by atomic mass is 32.2. The Morgan fingerprint density at radius 2 is 2.04 bits per heavy atom. The van der Waals surface area contributed by atoms with Gasteiger partial charge in [-0.05, 0) is 13.0 Å². The van der Waals surface area contributed by atoms with E-state index in [-0.39, 0.29) is 17.9 Å². The molecule has 0 aliphatic rings. The normalized spacial score (nSPS) is 12.1. The third-order valence-corrected chi connectivity index (χ3v) is 4.83. The monoisotopic (exact) mass is 336 g/mol. The summed E-state index contributed by atoms with van der Waals surface area (Å²) in [6, 6.07) is 7.80. The Kier molecular flexibility index (Phi) is 4.18. The number of imidazole rings is 1. The molecule has 122 valence electrons. The summed E-state index contributed by atoms with van der Waals surface area (Å²) >= 11 is 0. The number of nitrogens with zero attached hydrogens (tertiary/aromatic N) is 3. The van der Waals surface area contributed by atoms with Gasteiger partial charge in [-0.3, -0.25) is 0 Å². The molecule has 2 heterocycles. The van der Waals surface area contributed by atoms with Crippen LogP contribution >= 0.6 is 0 Å². The second-order valence-corrected chi connectivity index (χ2v) is 7.13. The number of sulfonamides is 1. The van der Waals surface area contributed by atoms with Crippen LogP contribution < -0.4 is 4.72 Å². The number of benzene rings is 1. The van der Waals surface area contributed by atoms with Crippen molar-refractivity contribution < 1.29 is 12.8 Å². The smallest absolute Gasteiger partial charge is 0.215 e. The lowest BCUT2D eigenvalue weighted by Gasteiger charge is -2.08. The van der Waals surface area contributed by atoms with Gasteiger partial charge in [0.05, 0.1) is 11.4 Å². The minimum Gasteiger partial charge on any atom is -0.330 e. The summed E-state index contributed by atoms with van der Waals surface area (Å²) in [4.78, 5) is 0. The molecule has 3 rings (SSSR count). The van der Waals surface area contributed by atoms with Crippen molar-refractivity contribution in [1.29, 1.82) is 0 Å². The number of nitrogens with one attached hydrogen (secondary N) is 1. The molecule has 0 fully saturated rings. The molecule has 0 saturated heterocycles. The number of hydrogen-bond donors (Lipinski definition) is 1. The van der Waals surface area contributed by atoms with E-state index >= 15 is 0 Å². The highest BCUT2D eigenvalue weighted by Gasteiger charge is 2.14. The van der Waals surface area contributed by atoms with Crippen molar-refractivity contribution in [3.05, 3.63) is 59.8 Å². The van der Waals surface area contributed by atoms with Crippen molar-refractivity contribution in [3.8, 4) is 0 Å². The average Bonchev–Trinajstić information content (AvgIpc) is 3.01. The molecular formula is C15H17FN4O2S. The maximum Gasteiger partial charge on any atom is 0.215 e. The van der Waals surface area contributed by atoms with E-state index in [1.54, 1.807) is 10.6 Å². The molecule has 0 bridgehead atoms. The fraction of sp³-hybridized carbons (Fsp3) is 0.267. The number of rotatable bonds is 6. The topological polar surface area (TPSA) is 68.4 Å². The first kappa shape index (κ1) is 15.7. The zero-order valence-corrected chi connectivity index (χ0v) is 13.4. The van der Waals surface area contributed by atoms with Crippen LogP contribution in [0.4, 0.5) is 4.39 Å². The first-order valence-corrected chi connectivity index (χ1v) is 8.82. The van der Waals surface area contributed by atoms with E-state index in [9.17, 15) is 12.8 Å². The summed E-state index contributed by atoms with van der Waals surface area (Å²) in [5.41, 5.74) is 1.96. The van der Waals surface area contributed by atoms with Crippen LogP contribution in [0.1, 0.15) is 11.3 Å². The first-order chi connectivity index (χ1) is 10.9. The highest BCUT2D eigenvalue weighted by Crippen LogP contribution is 2.10. The van der Waals surface area contributed by atoms with Gasteiger partial charge in [-0.2, -0.15) is 5.10 Å². The van der Waals surface area contributed by atoms with Gasteiger partial charge in [-0.25, -0.2) is 22.0 Å². The lowest BCUT2D eigenvalue weighted by atomic mass is 10.2. The van der Waals surface area contributed by atoms with Crippen LogP contribution in [-0.2, 0) is 22.3 Å². The van der Waals surface area contributed by atoms with Crippen molar-refractivity contribution in [2.75, 3.05) is 6.54 Å². The minimum atomic E-state index is -3.58. The quantitative estimate of drug-likeness (QED) is 0.745. The van der Waals surface area contributed by atoms with Gasteiger partial charge in [-0.15, -0.1) is 0 Å². The third-order valence-electron chi connectivity index (χ3n) is 3.50. The van der Waals surface area contributed by atoms with Gasteiger partial charge >= 0.3 is 0 Å². The second-order valence-electron chi connectivity index (χ2n) is 5.32. The number of aromatic nitrogens is 3. The lowest BCUT2D eigenvalue weighted by Crippen LogP contribution is -2.28. The largest absolute Gasteiger partial charge is 0.330 e. The molecule has 8 heteroatoms. The summed E-state index contributed by atoms with van der Waals surface area (Å²) in [6.45, 7) is 2.60.